The van der Waals surface area contributed by atoms with Crippen LogP contribution in [0.5, 0.6) is 5.75 Å². The molecule has 3 aromatic rings. The number of allylic oxidation sites excluding steroid dienone is 2. The Balaban J connectivity index is 1.46. The van der Waals surface area contributed by atoms with Crippen molar-refractivity contribution < 1.29 is 45.7 Å². The van der Waals surface area contributed by atoms with E-state index in [1.807, 2.05) is 24.3 Å². The predicted octanol–water partition coefficient (Wildman–Crippen LogP) is 5.38. The van der Waals surface area contributed by atoms with Crippen molar-refractivity contribution in [2.45, 2.75) is 45.4 Å². The second-order valence-electron chi connectivity index (χ2n) is 9.95. The molecule has 13 nitrogen and oxygen atoms in total. The number of pyridine rings is 2. The fraction of sp³-hybridized carbons (Fsp3) is 0.290. The molecule has 45 heavy (non-hydrogen) atoms. The summed E-state index contributed by atoms with van der Waals surface area (Å²) in [6, 6.07) is 13.0. The quantitative estimate of drug-likeness (QED) is 0.139. The van der Waals surface area contributed by atoms with Gasteiger partial charge in [0.25, 0.3) is 0 Å². The lowest BCUT2D eigenvalue weighted by molar-refractivity contribution is 0.0601. The molecule has 238 valence electrons. The molecule has 0 aliphatic carbocycles. The van der Waals surface area contributed by atoms with Crippen LogP contribution >= 0.6 is 0 Å². The lowest BCUT2D eigenvalue weighted by Gasteiger charge is -2.30. The predicted molar refractivity (Wildman–Crippen MR) is 160 cm³/mol. The molecule has 0 unspecified atom stereocenters. The Labute approximate surface area is 260 Å². The maximum atomic E-state index is 12.8. The average molecular weight is 640 g/mol. The number of benzene rings is 1. The first-order valence-electron chi connectivity index (χ1n) is 14.0. The summed E-state index contributed by atoms with van der Waals surface area (Å²) in [5, 5.41) is 3.05. The molecule has 0 spiro atoms. The third-order valence-electron chi connectivity index (χ3n) is 6.55. The van der Waals surface area contributed by atoms with Gasteiger partial charge in [-0.05, 0) is 80.5 Å². The van der Waals surface area contributed by atoms with Crippen LogP contribution in [-0.4, -0.2) is 48.5 Å². The molecule has 0 fully saturated rings. The van der Waals surface area contributed by atoms with E-state index in [-0.39, 0.29) is 30.5 Å². The Hall–Kier alpha value is -4.95. The molecule has 2 aromatic heterocycles. The van der Waals surface area contributed by atoms with Gasteiger partial charge in [-0.3, -0.25) is 14.5 Å². The summed E-state index contributed by atoms with van der Waals surface area (Å²) >= 11 is 0. The minimum Gasteiger partial charge on any atom is -0.434 e. The molecule has 0 saturated heterocycles. The van der Waals surface area contributed by atoms with Gasteiger partial charge in [0.1, 0.15) is 23.2 Å². The summed E-state index contributed by atoms with van der Waals surface area (Å²) in [6.45, 7) is 3.52. The molecular formula is C31H33N3O10S. The molecule has 0 radical (unpaired) electrons. The van der Waals surface area contributed by atoms with Gasteiger partial charge in [-0.15, -0.1) is 0 Å². The zero-order valence-electron chi connectivity index (χ0n) is 24.7. The van der Waals surface area contributed by atoms with Gasteiger partial charge in [0.15, 0.2) is 0 Å². The summed E-state index contributed by atoms with van der Waals surface area (Å²) in [4.78, 5) is 33.7. The largest absolute Gasteiger partial charge is 0.513 e. The lowest BCUT2D eigenvalue weighted by Crippen LogP contribution is -2.29. The average Bonchev–Trinajstić information content (AvgIpc) is 3.01. The van der Waals surface area contributed by atoms with Crippen LogP contribution in [0, 0.1) is 0 Å². The van der Waals surface area contributed by atoms with Gasteiger partial charge in [0, 0.05) is 24.8 Å². The minimum absolute atomic E-state index is 0.0840. The second kappa shape index (κ2) is 15.7. The van der Waals surface area contributed by atoms with Gasteiger partial charge in [-0.2, -0.15) is 8.42 Å². The summed E-state index contributed by atoms with van der Waals surface area (Å²) < 4.78 is 57.8. The molecule has 1 aliphatic rings. The first kappa shape index (κ1) is 33.0. The minimum atomic E-state index is -4.75. The molecule has 1 aromatic carbocycles. The molecule has 0 saturated carbocycles. The number of nitrogens with one attached hydrogen (secondary N) is 1. The van der Waals surface area contributed by atoms with E-state index in [1.54, 1.807) is 38.6 Å². The van der Waals surface area contributed by atoms with E-state index in [0.29, 0.717) is 42.6 Å². The highest BCUT2D eigenvalue weighted by Crippen LogP contribution is 2.40. The van der Waals surface area contributed by atoms with Crippen molar-refractivity contribution in [1.29, 1.82) is 0 Å². The van der Waals surface area contributed by atoms with Crippen LogP contribution < -0.4 is 9.50 Å². The zero-order valence-corrected chi connectivity index (χ0v) is 25.5. The van der Waals surface area contributed by atoms with Crippen molar-refractivity contribution in [3.05, 3.63) is 113 Å². The van der Waals surface area contributed by atoms with Crippen LogP contribution in [-0.2, 0) is 42.2 Å². The highest BCUT2D eigenvalue weighted by Gasteiger charge is 2.35. The number of rotatable bonds is 13. The standard InChI is InChI=1S/C31H33N3O10S/c1-21-28(42-30(35)40-17-5-9-23-7-3-15-32-19-23)27(25-11-13-26(14-12-25)44-45(37,38)39)29(22(2)34-21)43-31(36)41-18-6-10-24-8-4-16-33-20-24/h3-4,7-8,11-16,19-20,27,34H,5-6,9-10,17-18H2,1-2H3,(H,37,38,39). The van der Waals surface area contributed by atoms with Crippen LogP contribution in [0.15, 0.2) is 96.2 Å². The number of carbonyl (C=O) groups is 2. The monoisotopic (exact) mass is 639 g/mol. The summed E-state index contributed by atoms with van der Waals surface area (Å²) in [5.74, 6) is -0.944. The Morgan fingerprint density at radius 2 is 1.29 bits per heavy atom. The summed E-state index contributed by atoms with van der Waals surface area (Å²) in [5.41, 5.74) is 3.33. The van der Waals surface area contributed by atoms with Crippen LogP contribution in [0.2, 0.25) is 0 Å². The fourth-order valence-corrected chi connectivity index (χ4v) is 4.92. The Morgan fingerprint density at radius 3 is 1.71 bits per heavy atom. The van der Waals surface area contributed by atoms with E-state index in [9.17, 15) is 18.0 Å². The maximum Gasteiger partial charge on any atom is 0.513 e. The fourth-order valence-electron chi connectivity index (χ4n) is 4.56. The van der Waals surface area contributed by atoms with Crippen LogP contribution in [0.1, 0.15) is 49.3 Å². The first-order chi connectivity index (χ1) is 21.6. The van der Waals surface area contributed by atoms with Crippen molar-refractivity contribution in [2.24, 2.45) is 0 Å². The summed E-state index contributed by atoms with van der Waals surface area (Å²) in [7, 11) is -4.75. The van der Waals surface area contributed by atoms with E-state index in [1.165, 1.54) is 24.3 Å². The van der Waals surface area contributed by atoms with Gasteiger partial charge in [-0.1, -0.05) is 24.3 Å². The Kier molecular flexibility index (Phi) is 11.5. The number of aromatic nitrogens is 2. The first-order valence-corrected chi connectivity index (χ1v) is 15.4. The third-order valence-corrected chi connectivity index (χ3v) is 6.95. The number of aryl methyl sites for hydroxylation is 2. The molecule has 1 aliphatic heterocycles. The van der Waals surface area contributed by atoms with Crippen molar-refractivity contribution in [3.63, 3.8) is 0 Å². The van der Waals surface area contributed by atoms with E-state index < -0.39 is 28.6 Å². The second-order valence-corrected chi connectivity index (χ2v) is 11.0. The van der Waals surface area contributed by atoms with Crippen LogP contribution in [0.25, 0.3) is 0 Å². The molecule has 3 heterocycles. The topological polar surface area (TPSA) is 172 Å². The Bertz CT molecular complexity index is 1540. The number of hydrogen-bond donors (Lipinski definition) is 2. The van der Waals surface area contributed by atoms with E-state index in [0.717, 1.165) is 11.1 Å². The number of hydrogen-bond acceptors (Lipinski definition) is 12. The molecule has 0 bridgehead atoms. The van der Waals surface area contributed by atoms with Crippen molar-refractivity contribution in [2.75, 3.05) is 13.2 Å². The van der Waals surface area contributed by atoms with Crippen molar-refractivity contribution in [3.8, 4) is 5.75 Å². The SMILES string of the molecule is CC1=C(OC(=O)OCCCc2cccnc2)C(c2ccc(OS(=O)(=O)O)cc2)C(OC(=O)OCCCc2cccnc2)=C(C)N1. The Morgan fingerprint density at radius 1 is 0.800 bits per heavy atom. The smallest absolute Gasteiger partial charge is 0.434 e. The van der Waals surface area contributed by atoms with Crippen molar-refractivity contribution >= 4 is 22.7 Å². The zero-order chi connectivity index (χ0) is 32.2. The highest BCUT2D eigenvalue weighted by atomic mass is 32.3. The van der Waals surface area contributed by atoms with Gasteiger partial charge < -0.3 is 28.4 Å². The van der Waals surface area contributed by atoms with E-state index in [4.69, 9.17) is 23.5 Å². The number of dihydropyridines is 1. The third kappa shape index (κ3) is 10.3. The molecule has 0 atom stereocenters. The number of nitrogens with zero attached hydrogens (tertiary/aromatic N) is 2. The molecule has 14 heteroatoms. The summed E-state index contributed by atoms with van der Waals surface area (Å²) in [6.07, 6.45) is 7.26. The maximum absolute atomic E-state index is 12.8. The van der Waals surface area contributed by atoms with Gasteiger partial charge in [0.2, 0.25) is 0 Å². The van der Waals surface area contributed by atoms with Gasteiger partial charge in [0.05, 0.1) is 24.6 Å². The van der Waals surface area contributed by atoms with E-state index in [2.05, 4.69) is 19.5 Å². The molecule has 2 N–H and O–H groups in total. The van der Waals surface area contributed by atoms with Gasteiger partial charge in [-0.25, -0.2) is 9.59 Å². The number of ether oxygens (including phenoxy) is 4. The highest BCUT2D eigenvalue weighted by molar-refractivity contribution is 7.81. The molecular weight excluding hydrogens is 606 g/mol. The molecule has 4 rings (SSSR count). The van der Waals surface area contributed by atoms with Crippen LogP contribution in [0.3, 0.4) is 0 Å². The van der Waals surface area contributed by atoms with E-state index >= 15 is 0 Å². The molecule has 0 amide bonds. The van der Waals surface area contributed by atoms with Crippen LogP contribution in [0.4, 0.5) is 9.59 Å². The van der Waals surface area contributed by atoms with Crippen molar-refractivity contribution in [1.82, 2.24) is 15.3 Å². The normalized spacial score (nSPS) is 13.6. The number of carbonyl (C=O) groups excluding carboxylic acids is 2. The lowest BCUT2D eigenvalue weighted by atomic mass is 9.90. The van der Waals surface area contributed by atoms with Gasteiger partial charge >= 0.3 is 22.7 Å².